The first kappa shape index (κ1) is 22.6. The Hall–Kier alpha value is -5.23. The Labute approximate surface area is 203 Å². The molecule has 0 aliphatic carbocycles. The molecular weight excluding hydrogens is 460 g/mol. The minimum absolute atomic E-state index is 0.168. The van der Waals surface area contributed by atoms with Crippen molar-refractivity contribution < 1.29 is 14.6 Å². The van der Waals surface area contributed by atoms with Gasteiger partial charge in [-0.1, -0.05) is 18.2 Å². The van der Waals surface area contributed by atoms with Crippen molar-refractivity contribution >= 4 is 16.9 Å². The van der Waals surface area contributed by atoms with Crippen LogP contribution in [0.25, 0.3) is 28.0 Å². The zero-order chi connectivity index (χ0) is 25.4. The molecule has 2 heterocycles. The Balaban J connectivity index is 1.56. The molecule has 2 aliphatic rings. The molecule has 0 spiro atoms. The van der Waals surface area contributed by atoms with E-state index in [-0.39, 0.29) is 23.6 Å². The maximum absolute atomic E-state index is 12.5. The Kier molecular flexibility index (Phi) is 5.54. The van der Waals surface area contributed by atoms with Gasteiger partial charge < -0.3 is 9.84 Å². The van der Waals surface area contributed by atoms with E-state index >= 15 is 0 Å². The summed E-state index contributed by atoms with van der Waals surface area (Å²) in [5.41, 5.74) is 2.16. The summed E-state index contributed by atoms with van der Waals surface area (Å²) in [5, 5.41) is 19.4. The second kappa shape index (κ2) is 8.85. The van der Waals surface area contributed by atoms with E-state index in [0.717, 1.165) is 5.56 Å². The number of aromatic carboxylic acids is 1. The van der Waals surface area contributed by atoms with Crippen molar-refractivity contribution in [2.24, 2.45) is 0 Å². The molecule has 2 aliphatic heterocycles. The standard InChI is InChI=1S/C27H18N4O5/c1-15-18(3-2-4-21(15)26(33)34)14-36-20-9-7-19(8-10-20)31-23-11-16(13-28)5-6-17(23)12-22-24(31)29-27(35)30-25(22)32/h2-12H,14H2,1H3,(H,33,34)(H,30,32,35). The lowest BCUT2D eigenvalue weighted by molar-refractivity contribution is 0.0696. The lowest BCUT2D eigenvalue weighted by Gasteiger charge is -2.18. The van der Waals surface area contributed by atoms with Crippen LogP contribution in [0.5, 0.6) is 5.75 Å². The van der Waals surface area contributed by atoms with Gasteiger partial charge in [-0.25, -0.2) is 9.59 Å². The molecule has 3 aromatic rings. The van der Waals surface area contributed by atoms with Gasteiger partial charge in [-0.05, 0) is 72.0 Å². The van der Waals surface area contributed by atoms with Crippen molar-refractivity contribution in [2.75, 3.05) is 0 Å². The largest absolute Gasteiger partial charge is 0.489 e. The molecule has 0 unspecified atom stereocenters. The third-order valence-electron chi connectivity index (χ3n) is 5.99. The molecule has 5 rings (SSSR count). The Morgan fingerprint density at radius 3 is 2.61 bits per heavy atom. The van der Waals surface area contributed by atoms with Crippen molar-refractivity contribution in [1.29, 1.82) is 5.26 Å². The highest BCUT2D eigenvalue weighted by Crippen LogP contribution is 2.29. The van der Waals surface area contributed by atoms with Gasteiger partial charge in [0.1, 0.15) is 12.4 Å². The average molecular weight is 478 g/mol. The number of H-pyrrole nitrogens is 1. The molecule has 176 valence electrons. The molecule has 0 saturated heterocycles. The summed E-state index contributed by atoms with van der Waals surface area (Å²) in [4.78, 5) is 42.1. The maximum atomic E-state index is 12.5. The van der Waals surface area contributed by atoms with Crippen LogP contribution in [-0.2, 0) is 6.61 Å². The number of rotatable bonds is 5. The van der Waals surface area contributed by atoms with Gasteiger partial charge in [-0.3, -0.25) is 14.3 Å². The zero-order valence-corrected chi connectivity index (χ0v) is 19.0. The molecule has 0 saturated carbocycles. The predicted molar refractivity (Wildman–Crippen MR) is 132 cm³/mol. The number of carboxylic acid groups (broad SMARTS) is 1. The molecular formula is C27H18N4O5. The molecule has 0 aromatic heterocycles. The van der Waals surface area contributed by atoms with E-state index in [4.69, 9.17) is 4.74 Å². The minimum Gasteiger partial charge on any atom is -0.489 e. The number of nitrogens with zero attached hydrogens (tertiary/aromatic N) is 3. The first-order valence-corrected chi connectivity index (χ1v) is 10.9. The summed E-state index contributed by atoms with van der Waals surface area (Å²) in [7, 11) is 0. The number of carbonyl (C=O) groups is 1. The Bertz CT molecular complexity index is 1780. The third-order valence-corrected chi connectivity index (χ3v) is 5.99. The number of aromatic amines is 1. The molecule has 0 radical (unpaired) electrons. The number of carboxylic acids is 1. The van der Waals surface area contributed by atoms with Crippen LogP contribution in [0.3, 0.4) is 0 Å². The number of hydrogen-bond acceptors (Lipinski definition) is 6. The van der Waals surface area contributed by atoms with Crippen LogP contribution in [0.1, 0.15) is 27.0 Å². The second-order valence-corrected chi connectivity index (χ2v) is 8.15. The lowest BCUT2D eigenvalue weighted by Crippen LogP contribution is -2.27. The molecule has 9 heteroatoms. The van der Waals surface area contributed by atoms with E-state index in [1.807, 2.05) is 6.07 Å². The topological polar surface area (TPSA) is 138 Å². The van der Waals surface area contributed by atoms with E-state index in [2.05, 4.69) is 16.0 Å². The Morgan fingerprint density at radius 2 is 1.89 bits per heavy atom. The average Bonchev–Trinajstić information content (AvgIpc) is 2.87. The molecule has 0 bridgehead atoms. The van der Waals surface area contributed by atoms with Gasteiger partial charge in [0, 0.05) is 5.69 Å². The van der Waals surface area contributed by atoms with E-state index in [0.29, 0.717) is 33.5 Å². The molecule has 36 heavy (non-hydrogen) atoms. The summed E-state index contributed by atoms with van der Waals surface area (Å²) < 4.78 is 7.54. The fourth-order valence-corrected chi connectivity index (χ4v) is 4.13. The van der Waals surface area contributed by atoms with E-state index in [1.54, 1.807) is 72.2 Å². The van der Waals surface area contributed by atoms with Crippen molar-refractivity contribution in [3.05, 3.63) is 110 Å². The predicted octanol–water partition coefficient (Wildman–Crippen LogP) is 3.64. The van der Waals surface area contributed by atoms with Crippen LogP contribution in [0.15, 0.2) is 76.3 Å². The van der Waals surface area contributed by atoms with Crippen LogP contribution in [0.2, 0.25) is 0 Å². The SMILES string of the molecule is Cc1c(COc2ccc(-n3c4nc(=O)[nH]c(=O)c-4cc4ccc(C#N)cc43)cc2)cccc1C(=O)O. The second-order valence-electron chi connectivity index (χ2n) is 8.15. The number of nitrogens with one attached hydrogen (secondary N) is 1. The normalized spacial score (nSPS) is 10.9. The lowest BCUT2D eigenvalue weighted by atomic mass is 10.0. The molecule has 0 amide bonds. The molecule has 0 atom stereocenters. The van der Waals surface area contributed by atoms with Crippen LogP contribution < -0.4 is 16.0 Å². The van der Waals surface area contributed by atoms with Crippen LogP contribution in [0.4, 0.5) is 0 Å². The number of aromatic nitrogens is 3. The summed E-state index contributed by atoms with van der Waals surface area (Å²) >= 11 is 0. The van der Waals surface area contributed by atoms with E-state index in [1.165, 1.54) is 0 Å². The molecule has 2 N–H and O–H groups in total. The van der Waals surface area contributed by atoms with E-state index < -0.39 is 17.2 Å². The number of hydrogen-bond donors (Lipinski definition) is 2. The van der Waals surface area contributed by atoms with Gasteiger partial charge in [0.15, 0.2) is 5.82 Å². The smallest absolute Gasteiger partial charge is 0.349 e. The fraction of sp³-hybridized carbons (Fsp3) is 0.0741. The maximum Gasteiger partial charge on any atom is 0.349 e. The van der Waals surface area contributed by atoms with Crippen molar-refractivity contribution in [1.82, 2.24) is 14.5 Å². The highest BCUT2D eigenvalue weighted by atomic mass is 16.5. The number of ether oxygens (including phenoxy) is 1. The highest BCUT2D eigenvalue weighted by Gasteiger charge is 2.18. The monoisotopic (exact) mass is 478 g/mol. The fourth-order valence-electron chi connectivity index (χ4n) is 4.13. The first-order chi connectivity index (χ1) is 17.4. The number of benzene rings is 3. The van der Waals surface area contributed by atoms with Crippen LogP contribution >= 0.6 is 0 Å². The van der Waals surface area contributed by atoms with Gasteiger partial charge in [0.05, 0.1) is 28.3 Å². The minimum atomic E-state index is -0.994. The van der Waals surface area contributed by atoms with Gasteiger partial charge >= 0.3 is 11.7 Å². The molecule has 3 aromatic carbocycles. The van der Waals surface area contributed by atoms with Crippen LogP contribution in [-0.4, -0.2) is 25.6 Å². The van der Waals surface area contributed by atoms with Crippen molar-refractivity contribution in [3.8, 4) is 28.9 Å². The van der Waals surface area contributed by atoms with E-state index in [9.17, 15) is 24.8 Å². The number of nitriles is 1. The van der Waals surface area contributed by atoms with Gasteiger partial charge in [0.25, 0.3) is 5.56 Å². The summed E-state index contributed by atoms with van der Waals surface area (Å²) in [6, 6.07) is 20.8. The molecule has 0 fully saturated rings. The van der Waals surface area contributed by atoms with Gasteiger partial charge in [0.2, 0.25) is 0 Å². The van der Waals surface area contributed by atoms with Gasteiger partial charge in [-0.2, -0.15) is 10.2 Å². The summed E-state index contributed by atoms with van der Waals surface area (Å²) in [5.74, 6) is -0.288. The zero-order valence-electron chi connectivity index (χ0n) is 19.0. The van der Waals surface area contributed by atoms with Crippen LogP contribution in [0, 0.1) is 18.3 Å². The van der Waals surface area contributed by atoms with Crippen molar-refractivity contribution in [3.63, 3.8) is 0 Å². The summed E-state index contributed by atoms with van der Waals surface area (Å²) in [6.45, 7) is 1.92. The van der Waals surface area contributed by atoms with Gasteiger partial charge in [-0.15, -0.1) is 0 Å². The first-order valence-electron chi connectivity index (χ1n) is 10.9. The summed E-state index contributed by atoms with van der Waals surface area (Å²) in [6.07, 6.45) is 0. The molecule has 9 nitrogen and oxygen atoms in total. The number of pyridine rings is 1. The quantitative estimate of drug-likeness (QED) is 0.368. The Morgan fingerprint density at radius 1 is 1.11 bits per heavy atom. The third kappa shape index (κ3) is 3.97. The number of fused-ring (bicyclic) bond motifs is 2. The highest BCUT2D eigenvalue weighted by molar-refractivity contribution is 5.90. The van der Waals surface area contributed by atoms with Crippen molar-refractivity contribution in [2.45, 2.75) is 13.5 Å².